The van der Waals surface area contributed by atoms with Crippen LogP contribution in [-0.2, 0) is 0 Å². The number of rotatable bonds is 9. The molecule has 1 heterocycles. The minimum Gasteiger partial charge on any atom is -0.494 e. The molecule has 0 aliphatic heterocycles. The topological polar surface area (TPSA) is 60.7 Å². The molecular weight excluding hydrogens is 354 g/mol. The third-order valence-electron chi connectivity index (χ3n) is 3.66. The van der Waals surface area contributed by atoms with Crippen LogP contribution >= 0.6 is 12.4 Å². The van der Waals surface area contributed by atoms with Crippen molar-refractivity contribution in [1.29, 1.82) is 0 Å². The van der Waals surface area contributed by atoms with Gasteiger partial charge in [0.2, 0.25) is 0 Å². The first-order chi connectivity index (χ1) is 12.3. The normalized spacial score (nSPS) is 10.3. The van der Waals surface area contributed by atoms with Crippen molar-refractivity contribution in [3.05, 3.63) is 71.1 Å². The number of nitrogens with one attached hydrogen (secondary N) is 1. The van der Waals surface area contributed by atoms with Gasteiger partial charge in [-0.15, -0.1) is 12.4 Å². The van der Waals surface area contributed by atoms with Crippen LogP contribution in [0.25, 0.3) is 11.0 Å². The molecule has 0 fully saturated rings. The summed E-state index contributed by atoms with van der Waals surface area (Å²) in [6.07, 6.45) is 0.915. The molecule has 1 N–H and O–H groups in total. The van der Waals surface area contributed by atoms with Gasteiger partial charge < -0.3 is 19.2 Å². The maximum absolute atomic E-state index is 11.4. The highest BCUT2D eigenvalue weighted by atomic mass is 35.5. The highest BCUT2D eigenvalue weighted by Gasteiger charge is 2.04. The SMILES string of the molecule is Cl.O=c1ccc2cccc(OCCNCCCOc3ccccc3)c2o1. The summed E-state index contributed by atoms with van der Waals surface area (Å²) in [7, 11) is 0. The van der Waals surface area contributed by atoms with Crippen molar-refractivity contribution in [3.63, 3.8) is 0 Å². The molecule has 0 unspecified atom stereocenters. The van der Waals surface area contributed by atoms with Gasteiger partial charge in [0, 0.05) is 18.0 Å². The molecule has 0 spiro atoms. The van der Waals surface area contributed by atoms with Gasteiger partial charge in [0.05, 0.1) is 6.61 Å². The van der Waals surface area contributed by atoms with Crippen molar-refractivity contribution in [3.8, 4) is 11.5 Å². The predicted octanol–water partition coefficient (Wildman–Crippen LogP) is 3.65. The molecule has 6 heteroatoms. The molecule has 0 aliphatic carbocycles. The van der Waals surface area contributed by atoms with Gasteiger partial charge in [-0.05, 0) is 37.2 Å². The monoisotopic (exact) mass is 375 g/mol. The van der Waals surface area contributed by atoms with Gasteiger partial charge in [0.15, 0.2) is 11.3 Å². The number of para-hydroxylation sites is 2. The van der Waals surface area contributed by atoms with E-state index in [1.165, 1.54) is 6.07 Å². The van der Waals surface area contributed by atoms with Crippen LogP contribution < -0.4 is 20.4 Å². The number of fused-ring (bicyclic) bond motifs is 1. The molecule has 2 aromatic carbocycles. The standard InChI is InChI=1S/C20H21NO4.ClH/c22-19-11-10-16-6-4-9-18(20(16)25-19)24-15-13-21-12-5-14-23-17-7-2-1-3-8-17;/h1-4,6-11,21H,5,12-15H2;1H. The fraction of sp³-hybridized carbons (Fsp3) is 0.250. The summed E-state index contributed by atoms with van der Waals surface area (Å²) >= 11 is 0. The van der Waals surface area contributed by atoms with Crippen molar-refractivity contribution in [2.75, 3.05) is 26.3 Å². The fourth-order valence-electron chi connectivity index (χ4n) is 2.44. The van der Waals surface area contributed by atoms with Crippen molar-refractivity contribution >= 4 is 23.4 Å². The molecule has 0 aliphatic rings. The van der Waals surface area contributed by atoms with Crippen LogP contribution in [0.15, 0.2) is 69.9 Å². The third kappa shape index (κ3) is 5.79. The molecule has 0 radical (unpaired) electrons. The Labute approximate surface area is 158 Å². The van der Waals surface area contributed by atoms with E-state index >= 15 is 0 Å². The lowest BCUT2D eigenvalue weighted by Gasteiger charge is -2.09. The van der Waals surface area contributed by atoms with Gasteiger partial charge in [-0.1, -0.05) is 30.3 Å². The van der Waals surface area contributed by atoms with Crippen LogP contribution in [0.3, 0.4) is 0 Å². The molecule has 0 amide bonds. The maximum atomic E-state index is 11.4. The summed E-state index contributed by atoms with van der Waals surface area (Å²) in [5.41, 5.74) is 0.117. The van der Waals surface area contributed by atoms with Crippen LogP contribution in [0.1, 0.15) is 6.42 Å². The lowest BCUT2D eigenvalue weighted by atomic mass is 10.2. The summed E-state index contributed by atoms with van der Waals surface area (Å²) in [5, 5.41) is 4.15. The number of halogens is 1. The van der Waals surface area contributed by atoms with E-state index in [2.05, 4.69) is 5.32 Å². The van der Waals surface area contributed by atoms with E-state index in [1.807, 2.05) is 42.5 Å². The molecule has 26 heavy (non-hydrogen) atoms. The Kier molecular flexibility index (Phi) is 7.99. The van der Waals surface area contributed by atoms with Crippen LogP contribution in [0, 0.1) is 0 Å². The minimum atomic E-state index is -0.375. The summed E-state index contributed by atoms with van der Waals surface area (Å²) in [6, 6.07) is 18.5. The second-order valence-electron chi connectivity index (χ2n) is 5.54. The van der Waals surface area contributed by atoms with E-state index < -0.39 is 0 Å². The smallest absolute Gasteiger partial charge is 0.336 e. The number of ether oxygens (including phenoxy) is 2. The Morgan fingerprint density at radius 1 is 0.846 bits per heavy atom. The number of benzene rings is 2. The lowest BCUT2D eigenvalue weighted by molar-refractivity contribution is 0.294. The van der Waals surface area contributed by atoms with Crippen molar-refractivity contribution < 1.29 is 13.9 Å². The van der Waals surface area contributed by atoms with Gasteiger partial charge in [0.1, 0.15) is 12.4 Å². The molecule has 0 saturated heterocycles. The largest absolute Gasteiger partial charge is 0.494 e. The summed E-state index contributed by atoms with van der Waals surface area (Å²) < 4.78 is 16.6. The molecule has 3 aromatic rings. The summed E-state index contributed by atoms with van der Waals surface area (Å²) in [6.45, 7) is 2.73. The van der Waals surface area contributed by atoms with Crippen LogP contribution in [0.2, 0.25) is 0 Å². The van der Waals surface area contributed by atoms with Gasteiger partial charge in [0.25, 0.3) is 0 Å². The van der Waals surface area contributed by atoms with E-state index in [9.17, 15) is 4.79 Å². The Hall–Kier alpha value is -2.50. The maximum Gasteiger partial charge on any atom is 0.336 e. The molecule has 1 aromatic heterocycles. The lowest BCUT2D eigenvalue weighted by Crippen LogP contribution is -2.23. The second-order valence-corrected chi connectivity index (χ2v) is 5.54. The Morgan fingerprint density at radius 3 is 2.54 bits per heavy atom. The van der Waals surface area contributed by atoms with Crippen molar-refractivity contribution in [2.45, 2.75) is 6.42 Å². The van der Waals surface area contributed by atoms with E-state index in [0.717, 1.165) is 24.1 Å². The molecule has 138 valence electrons. The highest BCUT2D eigenvalue weighted by molar-refractivity contribution is 5.85. The van der Waals surface area contributed by atoms with E-state index in [-0.39, 0.29) is 18.0 Å². The number of hydrogen-bond acceptors (Lipinski definition) is 5. The average Bonchev–Trinajstić information content (AvgIpc) is 2.65. The van der Waals surface area contributed by atoms with Crippen LogP contribution in [0.5, 0.6) is 11.5 Å². The summed E-state index contributed by atoms with van der Waals surface area (Å²) in [5.74, 6) is 1.48. The summed E-state index contributed by atoms with van der Waals surface area (Å²) in [4.78, 5) is 11.4. The Morgan fingerprint density at radius 2 is 1.69 bits per heavy atom. The first-order valence-corrected chi connectivity index (χ1v) is 8.37. The second kappa shape index (κ2) is 10.5. The molecule has 5 nitrogen and oxygen atoms in total. The quantitative estimate of drug-likeness (QED) is 0.457. The molecule has 0 bridgehead atoms. The van der Waals surface area contributed by atoms with Gasteiger partial charge in [-0.3, -0.25) is 0 Å². The van der Waals surface area contributed by atoms with Gasteiger partial charge in [-0.2, -0.15) is 0 Å². The average molecular weight is 376 g/mol. The van der Waals surface area contributed by atoms with Crippen LogP contribution in [-0.4, -0.2) is 26.3 Å². The van der Waals surface area contributed by atoms with E-state index in [4.69, 9.17) is 13.9 Å². The van der Waals surface area contributed by atoms with Crippen molar-refractivity contribution in [2.24, 2.45) is 0 Å². The van der Waals surface area contributed by atoms with Crippen LogP contribution in [0.4, 0.5) is 0 Å². The van der Waals surface area contributed by atoms with Gasteiger partial charge in [-0.25, -0.2) is 4.79 Å². The molecule has 0 saturated carbocycles. The first kappa shape index (κ1) is 19.8. The fourth-order valence-corrected chi connectivity index (χ4v) is 2.44. The zero-order chi connectivity index (χ0) is 17.3. The first-order valence-electron chi connectivity index (χ1n) is 8.37. The molecule has 3 rings (SSSR count). The third-order valence-corrected chi connectivity index (χ3v) is 3.66. The van der Waals surface area contributed by atoms with Crippen molar-refractivity contribution in [1.82, 2.24) is 5.32 Å². The minimum absolute atomic E-state index is 0. The Bertz CT molecular complexity index is 851. The van der Waals surface area contributed by atoms with E-state index in [0.29, 0.717) is 31.1 Å². The highest BCUT2D eigenvalue weighted by Crippen LogP contribution is 2.23. The zero-order valence-corrected chi connectivity index (χ0v) is 15.2. The number of hydrogen-bond donors (Lipinski definition) is 1. The molecular formula is C20H22ClNO4. The molecule has 0 atom stereocenters. The zero-order valence-electron chi connectivity index (χ0n) is 14.4. The van der Waals surface area contributed by atoms with E-state index in [1.54, 1.807) is 12.1 Å². The predicted molar refractivity (Wildman–Crippen MR) is 105 cm³/mol. The van der Waals surface area contributed by atoms with Gasteiger partial charge >= 0.3 is 5.63 Å². The Balaban J connectivity index is 0.00000243.